The highest BCUT2D eigenvalue weighted by molar-refractivity contribution is 5.22. The highest BCUT2D eigenvalue weighted by Gasteiger charge is 2.21. The maximum Gasteiger partial charge on any atom is 0.256 e. The molecule has 0 bridgehead atoms. The maximum atomic E-state index is 12.3. The van der Waals surface area contributed by atoms with E-state index in [1.54, 1.807) is 0 Å². The van der Waals surface area contributed by atoms with Gasteiger partial charge in [0.25, 0.3) is 5.56 Å². The summed E-state index contributed by atoms with van der Waals surface area (Å²) < 4.78 is 1.84. The fourth-order valence-corrected chi connectivity index (χ4v) is 1.87. The lowest BCUT2D eigenvalue weighted by Gasteiger charge is -2.23. The zero-order chi connectivity index (χ0) is 12.5. The molecule has 0 aromatic carbocycles. The predicted octanol–water partition coefficient (Wildman–Crippen LogP) is 2.32. The van der Waals surface area contributed by atoms with E-state index in [2.05, 4.69) is 13.8 Å². The van der Waals surface area contributed by atoms with Gasteiger partial charge in [0, 0.05) is 22.8 Å². The van der Waals surface area contributed by atoms with Crippen LogP contribution < -0.4 is 11.3 Å². The molecular weight excluding hydrogens is 200 g/mol. The maximum absolute atomic E-state index is 12.3. The average Bonchev–Trinajstić information content (AvgIpc) is 2.15. The first kappa shape index (κ1) is 13.0. The van der Waals surface area contributed by atoms with Crippen LogP contribution in [0.25, 0.3) is 0 Å². The van der Waals surface area contributed by atoms with Crippen LogP contribution in [0.3, 0.4) is 0 Å². The number of pyridine rings is 1. The van der Waals surface area contributed by atoms with Crippen LogP contribution in [-0.2, 0) is 5.54 Å². The van der Waals surface area contributed by atoms with Crippen molar-refractivity contribution in [3.63, 3.8) is 0 Å². The number of nitrogens with two attached hydrogens (primary N) is 1. The second kappa shape index (κ2) is 4.42. The van der Waals surface area contributed by atoms with Crippen molar-refractivity contribution >= 4 is 0 Å². The fourth-order valence-electron chi connectivity index (χ4n) is 1.87. The molecule has 0 saturated carbocycles. The number of nitrogens with zero attached hydrogens (tertiary/aromatic N) is 1. The van der Waals surface area contributed by atoms with Gasteiger partial charge in [-0.05, 0) is 46.2 Å². The highest BCUT2D eigenvalue weighted by Crippen LogP contribution is 2.16. The molecule has 0 fully saturated rings. The minimum atomic E-state index is -0.583. The molecule has 3 nitrogen and oxygen atoms in total. The molecule has 3 heteroatoms. The molecule has 1 aromatic heterocycles. The molecule has 0 radical (unpaired) electrons. The van der Waals surface area contributed by atoms with Crippen molar-refractivity contribution < 1.29 is 0 Å². The molecule has 0 aliphatic rings. The van der Waals surface area contributed by atoms with Gasteiger partial charge < -0.3 is 10.3 Å². The van der Waals surface area contributed by atoms with Gasteiger partial charge in [-0.3, -0.25) is 4.79 Å². The molecule has 1 heterocycles. The molecule has 16 heavy (non-hydrogen) atoms. The summed E-state index contributed by atoms with van der Waals surface area (Å²) in [5.41, 5.74) is 7.14. The van der Waals surface area contributed by atoms with Crippen molar-refractivity contribution in [1.82, 2.24) is 4.57 Å². The largest absolute Gasteiger partial charge is 0.322 e. The van der Waals surface area contributed by atoms with Crippen LogP contribution >= 0.6 is 0 Å². The molecule has 1 atom stereocenters. The van der Waals surface area contributed by atoms with Gasteiger partial charge in [-0.25, -0.2) is 0 Å². The monoisotopic (exact) mass is 222 g/mol. The Kier molecular flexibility index (Phi) is 3.58. The fraction of sp³-hybridized carbons (Fsp3) is 0.615. The SMILES string of the molecule is CCC(C)n1c(C)ccc(C(C)(C)N)c1=O. The molecular formula is C13H22N2O. The predicted molar refractivity (Wildman–Crippen MR) is 67.7 cm³/mol. The Balaban J connectivity index is 3.45. The lowest BCUT2D eigenvalue weighted by atomic mass is 9.96. The van der Waals surface area contributed by atoms with Crippen molar-refractivity contribution in [3.8, 4) is 0 Å². The standard InChI is InChI=1S/C13H22N2O/c1-6-9(2)15-10(3)7-8-11(12(15)16)13(4,5)14/h7-9H,6,14H2,1-5H3. The van der Waals surface area contributed by atoms with E-state index in [1.165, 1.54) is 0 Å². The van der Waals surface area contributed by atoms with Crippen molar-refractivity contribution in [3.05, 3.63) is 33.7 Å². The highest BCUT2D eigenvalue weighted by atomic mass is 16.1. The average molecular weight is 222 g/mol. The minimum absolute atomic E-state index is 0.0434. The molecule has 0 amide bonds. The zero-order valence-corrected chi connectivity index (χ0v) is 10.9. The summed E-state index contributed by atoms with van der Waals surface area (Å²) in [5.74, 6) is 0. The molecule has 90 valence electrons. The molecule has 0 saturated heterocycles. The Labute approximate surface area is 97.3 Å². The zero-order valence-electron chi connectivity index (χ0n) is 10.9. The third-order valence-corrected chi connectivity index (χ3v) is 3.05. The first-order valence-electron chi connectivity index (χ1n) is 5.80. The Morgan fingerprint density at radius 2 is 2.00 bits per heavy atom. The van der Waals surface area contributed by atoms with Crippen molar-refractivity contribution in [1.29, 1.82) is 0 Å². The first-order chi connectivity index (χ1) is 7.29. The second-order valence-corrected chi connectivity index (χ2v) is 5.04. The van der Waals surface area contributed by atoms with Gasteiger partial charge in [0.1, 0.15) is 0 Å². The number of hydrogen-bond donors (Lipinski definition) is 1. The van der Waals surface area contributed by atoms with Gasteiger partial charge >= 0.3 is 0 Å². The van der Waals surface area contributed by atoms with E-state index in [9.17, 15) is 4.79 Å². The van der Waals surface area contributed by atoms with Crippen molar-refractivity contribution in [2.45, 2.75) is 52.6 Å². The lowest BCUT2D eigenvalue weighted by molar-refractivity contribution is 0.477. The van der Waals surface area contributed by atoms with Gasteiger partial charge in [-0.1, -0.05) is 6.92 Å². The summed E-state index contributed by atoms with van der Waals surface area (Å²) in [4.78, 5) is 12.3. The molecule has 2 N–H and O–H groups in total. The first-order valence-corrected chi connectivity index (χ1v) is 5.80. The molecule has 0 spiro atoms. The minimum Gasteiger partial charge on any atom is -0.322 e. The van der Waals surface area contributed by atoms with E-state index < -0.39 is 5.54 Å². The van der Waals surface area contributed by atoms with Gasteiger partial charge in [-0.2, -0.15) is 0 Å². The van der Waals surface area contributed by atoms with Crippen LogP contribution in [0.15, 0.2) is 16.9 Å². The normalized spacial score (nSPS) is 13.9. The summed E-state index contributed by atoms with van der Waals surface area (Å²) in [6.45, 7) is 9.82. The van der Waals surface area contributed by atoms with E-state index in [0.717, 1.165) is 12.1 Å². The summed E-state index contributed by atoms with van der Waals surface area (Å²) in [5, 5.41) is 0. The van der Waals surface area contributed by atoms with E-state index in [1.807, 2.05) is 37.5 Å². The van der Waals surface area contributed by atoms with Crippen LogP contribution in [-0.4, -0.2) is 4.57 Å². The Bertz CT molecular complexity index is 427. The topological polar surface area (TPSA) is 48.0 Å². The quantitative estimate of drug-likeness (QED) is 0.853. The lowest BCUT2D eigenvalue weighted by Crippen LogP contribution is -2.39. The van der Waals surface area contributed by atoms with Crippen molar-refractivity contribution in [2.75, 3.05) is 0 Å². The third kappa shape index (κ3) is 2.35. The molecule has 1 unspecified atom stereocenters. The van der Waals surface area contributed by atoms with Crippen LogP contribution in [0.1, 0.15) is 51.4 Å². The number of hydrogen-bond acceptors (Lipinski definition) is 2. The van der Waals surface area contributed by atoms with E-state index in [0.29, 0.717) is 5.56 Å². The molecule has 1 rings (SSSR count). The summed E-state index contributed by atoms with van der Waals surface area (Å²) >= 11 is 0. The number of aromatic nitrogens is 1. The third-order valence-electron chi connectivity index (χ3n) is 3.05. The Morgan fingerprint density at radius 3 is 2.44 bits per heavy atom. The van der Waals surface area contributed by atoms with Gasteiger partial charge in [0.05, 0.1) is 0 Å². The van der Waals surface area contributed by atoms with Crippen LogP contribution in [0.2, 0.25) is 0 Å². The summed E-state index contributed by atoms with van der Waals surface area (Å²) in [6, 6.07) is 4.03. The van der Waals surface area contributed by atoms with Crippen LogP contribution in [0.4, 0.5) is 0 Å². The van der Waals surface area contributed by atoms with E-state index in [-0.39, 0.29) is 11.6 Å². The second-order valence-electron chi connectivity index (χ2n) is 5.04. The van der Waals surface area contributed by atoms with Crippen LogP contribution in [0, 0.1) is 6.92 Å². The summed E-state index contributed by atoms with van der Waals surface area (Å²) in [6.07, 6.45) is 0.940. The van der Waals surface area contributed by atoms with E-state index >= 15 is 0 Å². The van der Waals surface area contributed by atoms with E-state index in [4.69, 9.17) is 5.73 Å². The molecule has 0 aliphatic carbocycles. The number of aryl methyl sites for hydroxylation is 1. The molecule has 0 aliphatic heterocycles. The molecule has 1 aromatic rings. The van der Waals surface area contributed by atoms with Crippen molar-refractivity contribution in [2.24, 2.45) is 5.73 Å². The number of rotatable bonds is 3. The van der Waals surface area contributed by atoms with Gasteiger partial charge in [0.2, 0.25) is 0 Å². The Morgan fingerprint density at radius 1 is 1.44 bits per heavy atom. The van der Waals surface area contributed by atoms with Gasteiger partial charge in [-0.15, -0.1) is 0 Å². The Hall–Kier alpha value is -1.09. The summed E-state index contributed by atoms with van der Waals surface area (Å²) in [7, 11) is 0. The van der Waals surface area contributed by atoms with Crippen LogP contribution in [0.5, 0.6) is 0 Å². The smallest absolute Gasteiger partial charge is 0.256 e. The van der Waals surface area contributed by atoms with Gasteiger partial charge in [0.15, 0.2) is 0 Å².